The minimum atomic E-state index is -0.968. The number of carbonyl (C=O) groups excluding carboxylic acids is 1. The summed E-state index contributed by atoms with van der Waals surface area (Å²) in [5.41, 5.74) is 0.521. The fourth-order valence-electron chi connectivity index (χ4n) is 1.66. The first-order chi connectivity index (χ1) is 8.54. The van der Waals surface area contributed by atoms with Gasteiger partial charge in [-0.2, -0.15) is 0 Å². The third kappa shape index (κ3) is 4.25. The summed E-state index contributed by atoms with van der Waals surface area (Å²) in [7, 11) is 0. The lowest BCUT2D eigenvalue weighted by Gasteiger charge is -2.08. The van der Waals surface area contributed by atoms with Crippen LogP contribution < -0.4 is 0 Å². The van der Waals surface area contributed by atoms with Crippen LogP contribution in [0.25, 0.3) is 0 Å². The molecule has 1 aromatic carbocycles. The molecule has 0 saturated heterocycles. The Morgan fingerprint density at radius 3 is 2.83 bits per heavy atom. The number of hydrogen-bond acceptors (Lipinski definition) is 4. The SMILES string of the molecule is CCCC[C@H](O)C(=O)Cc1cccc([N+](=O)[O-])c1. The fraction of sp³-hybridized carbons (Fsp3) is 0.462. The van der Waals surface area contributed by atoms with Crippen LogP contribution in [-0.2, 0) is 11.2 Å². The van der Waals surface area contributed by atoms with Crippen molar-refractivity contribution in [1.82, 2.24) is 0 Å². The van der Waals surface area contributed by atoms with Gasteiger partial charge in [0.05, 0.1) is 4.92 Å². The number of hydrogen-bond donors (Lipinski definition) is 1. The summed E-state index contributed by atoms with van der Waals surface area (Å²) >= 11 is 0. The lowest BCUT2D eigenvalue weighted by Crippen LogP contribution is -2.22. The molecule has 5 heteroatoms. The zero-order valence-corrected chi connectivity index (χ0v) is 10.3. The Bertz CT molecular complexity index is 431. The first-order valence-electron chi connectivity index (χ1n) is 5.98. The van der Waals surface area contributed by atoms with Crippen LogP contribution in [0.2, 0.25) is 0 Å². The minimum absolute atomic E-state index is 0.0343. The molecule has 0 aliphatic carbocycles. The molecule has 0 amide bonds. The van der Waals surface area contributed by atoms with Crippen molar-refractivity contribution in [2.24, 2.45) is 0 Å². The Balaban J connectivity index is 2.64. The van der Waals surface area contributed by atoms with E-state index < -0.39 is 11.0 Å². The van der Waals surface area contributed by atoms with Crippen LogP contribution in [0.4, 0.5) is 5.69 Å². The monoisotopic (exact) mass is 251 g/mol. The molecule has 1 rings (SSSR count). The maximum Gasteiger partial charge on any atom is 0.269 e. The summed E-state index contributed by atoms with van der Waals surface area (Å²) in [6.07, 6.45) is 1.23. The van der Waals surface area contributed by atoms with Crippen LogP contribution in [0, 0.1) is 10.1 Å². The van der Waals surface area contributed by atoms with E-state index in [2.05, 4.69) is 0 Å². The molecule has 0 saturated carbocycles. The van der Waals surface area contributed by atoms with Crippen LogP contribution >= 0.6 is 0 Å². The predicted octanol–water partition coefficient (Wildman–Crippen LogP) is 2.26. The topological polar surface area (TPSA) is 80.4 Å². The van der Waals surface area contributed by atoms with Crippen LogP contribution in [0.1, 0.15) is 31.7 Å². The van der Waals surface area contributed by atoms with Gasteiger partial charge >= 0.3 is 0 Å². The highest BCUT2D eigenvalue weighted by atomic mass is 16.6. The van der Waals surface area contributed by atoms with Gasteiger partial charge in [0, 0.05) is 18.6 Å². The molecule has 0 fully saturated rings. The van der Waals surface area contributed by atoms with E-state index in [4.69, 9.17) is 0 Å². The summed E-state index contributed by atoms with van der Waals surface area (Å²) in [6.45, 7) is 1.98. The van der Waals surface area contributed by atoms with Gasteiger partial charge < -0.3 is 5.11 Å². The van der Waals surface area contributed by atoms with Gasteiger partial charge in [-0.1, -0.05) is 31.9 Å². The van der Waals surface area contributed by atoms with Crippen molar-refractivity contribution in [3.05, 3.63) is 39.9 Å². The van der Waals surface area contributed by atoms with E-state index in [1.165, 1.54) is 12.1 Å². The van der Waals surface area contributed by atoms with Gasteiger partial charge in [-0.05, 0) is 12.0 Å². The normalized spacial score (nSPS) is 12.1. The molecule has 0 aromatic heterocycles. The largest absolute Gasteiger partial charge is 0.385 e. The average molecular weight is 251 g/mol. The van der Waals surface area contributed by atoms with E-state index in [0.717, 1.165) is 12.8 Å². The Morgan fingerprint density at radius 2 is 2.22 bits per heavy atom. The number of nitrogens with zero attached hydrogens (tertiary/aromatic N) is 1. The van der Waals surface area contributed by atoms with Gasteiger partial charge in [-0.15, -0.1) is 0 Å². The van der Waals surface area contributed by atoms with E-state index in [1.807, 2.05) is 6.92 Å². The summed E-state index contributed by atoms with van der Waals surface area (Å²) in [5.74, 6) is -0.288. The third-order valence-corrected chi connectivity index (χ3v) is 2.70. The number of nitro groups is 1. The molecular formula is C13H17NO4. The van der Waals surface area contributed by atoms with Crippen LogP contribution in [0.3, 0.4) is 0 Å². The molecule has 1 N–H and O–H groups in total. The number of carbonyl (C=O) groups is 1. The van der Waals surface area contributed by atoms with Gasteiger partial charge in [0.15, 0.2) is 5.78 Å². The van der Waals surface area contributed by atoms with E-state index in [1.54, 1.807) is 12.1 Å². The number of rotatable bonds is 7. The molecule has 98 valence electrons. The Hall–Kier alpha value is -1.75. The molecule has 0 spiro atoms. The van der Waals surface area contributed by atoms with E-state index in [-0.39, 0.29) is 17.9 Å². The zero-order chi connectivity index (χ0) is 13.5. The standard InChI is InChI=1S/C13H17NO4/c1-2-3-7-12(15)13(16)9-10-5-4-6-11(8-10)14(17)18/h4-6,8,12,15H,2-3,7,9H2,1H3/t12-/m0/s1. The lowest BCUT2D eigenvalue weighted by atomic mass is 10.0. The summed E-state index contributed by atoms with van der Waals surface area (Å²) in [6, 6.07) is 5.93. The molecule has 0 bridgehead atoms. The van der Waals surface area contributed by atoms with Crippen LogP contribution in [0.15, 0.2) is 24.3 Å². The summed E-state index contributed by atoms with van der Waals surface area (Å²) in [5, 5.41) is 20.2. The lowest BCUT2D eigenvalue weighted by molar-refractivity contribution is -0.384. The zero-order valence-electron chi connectivity index (χ0n) is 10.3. The second-order valence-corrected chi connectivity index (χ2v) is 4.23. The van der Waals surface area contributed by atoms with Crippen LogP contribution in [-0.4, -0.2) is 21.9 Å². The van der Waals surface area contributed by atoms with Crippen molar-refractivity contribution in [2.45, 2.75) is 38.7 Å². The highest BCUT2D eigenvalue weighted by Gasteiger charge is 2.16. The van der Waals surface area contributed by atoms with Crippen molar-refractivity contribution in [1.29, 1.82) is 0 Å². The van der Waals surface area contributed by atoms with Gasteiger partial charge in [0.1, 0.15) is 6.10 Å². The first-order valence-corrected chi connectivity index (χ1v) is 5.98. The highest BCUT2D eigenvalue weighted by molar-refractivity contribution is 5.85. The first kappa shape index (κ1) is 14.3. The third-order valence-electron chi connectivity index (χ3n) is 2.70. The number of aliphatic hydroxyl groups excluding tert-OH is 1. The number of aliphatic hydroxyl groups is 1. The Morgan fingerprint density at radius 1 is 1.50 bits per heavy atom. The minimum Gasteiger partial charge on any atom is -0.385 e. The molecule has 1 aromatic rings. The molecular weight excluding hydrogens is 234 g/mol. The second kappa shape index (κ2) is 6.86. The highest BCUT2D eigenvalue weighted by Crippen LogP contribution is 2.14. The second-order valence-electron chi connectivity index (χ2n) is 4.23. The number of nitro benzene ring substituents is 1. The van der Waals surface area contributed by atoms with Crippen LogP contribution in [0.5, 0.6) is 0 Å². The van der Waals surface area contributed by atoms with E-state index >= 15 is 0 Å². The van der Waals surface area contributed by atoms with Gasteiger partial charge in [0.2, 0.25) is 0 Å². The molecule has 0 heterocycles. The quantitative estimate of drug-likeness (QED) is 0.595. The van der Waals surface area contributed by atoms with Gasteiger partial charge in [-0.25, -0.2) is 0 Å². The average Bonchev–Trinajstić information content (AvgIpc) is 2.36. The van der Waals surface area contributed by atoms with Gasteiger partial charge in [0.25, 0.3) is 5.69 Å². The number of benzene rings is 1. The fourth-order valence-corrected chi connectivity index (χ4v) is 1.66. The van der Waals surface area contributed by atoms with Crippen molar-refractivity contribution in [2.75, 3.05) is 0 Å². The number of Topliss-reactive ketones (excluding diaryl/α,β-unsaturated/α-hetero) is 1. The molecule has 0 aliphatic rings. The predicted molar refractivity (Wildman–Crippen MR) is 67.3 cm³/mol. The molecule has 0 aliphatic heterocycles. The molecule has 0 radical (unpaired) electrons. The summed E-state index contributed by atoms with van der Waals surface area (Å²) < 4.78 is 0. The van der Waals surface area contributed by atoms with E-state index in [9.17, 15) is 20.0 Å². The van der Waals surface area contributed by atoms with Crippen molar-refractivity contribution < 1.29 is 14.8 Å². The molecule has 1 atom stereocenters. The number of non-ortho nitro benzene ring substituents is 1. The number of unbranched alkanes of at least 4 members (excludes halogenated alkanes) is 1. The molecule has 5 nitrogen and oxygen atoms in total. The maximum absolute atomic E-state index is 11.7. The number of ketones is 1. The van der Waals surface area contributed by atoms with Crippen molar-refractivity contribution >= 4 is 11.5 Å². The summed E-state index contributed by atoms with van der Waals surface area (Å²) in [4.78, 5) is 21.8. The maximum atomic E-state index is 11.7. The van der Waals surface area contributed by atoms with Crippen molar-refractivity contribution in [3.63, 3.8) is 0 Å². The molecule has 0 unspecified atom stereocenters. The Labute approximate surface area is 106 Å². The van der Waals surface area contributed by atoms with Gasteiger partial charge in [-0.3, -0.25) is 14.9 Å². The van der Waals surface area contributed by atoms with E-state index in [0.29, 0.717) is 12.0 Å². The molecule has 18 heavy (non-hydrogen) atoms. The van der Waals surface area contributed by atoms with Crippen molar-refractivity contribution in [3.8, 4) is 0 Å². The Kier molecular flexibility index (Phi) is 5.45. The smallest absolute Gasteiger partial charge is 0.269 e.